The van der Waals surface area contributed by atoms with Crippen LogP contribution in [-0.4, -0.2) is 46.6 Å². The largest absolute Gasteiger partial charge is 1.00 e. The van der Waals surface area contributed by atoms with E-state index in [-0.39, 0.29) is 72.3 Å². The molecule has 0 spiro atoms. The number of carboxylic acid groups (broad SMARTS) is 2. The average molecular weight is 254 g/mol. The number of carboxylic acids is 2. The van der Waals surface area contributed by atoms with E-state index in [9.17, 15) is 19.8 Å². The molecule has 84 valence electrons. The Hall–Kier alpha value is 0.820. The summed E-state index contributed by atoms with van der Waals surface area (Å²) in [6, 6.07) is 0. The Kier molecular flexibility index (Phi) is 29.1. The maximum atomic E-state index is 9.50. The molecule has 0 saturated heterocycles. The van der Waals surface area contributed by atoms with Crippen molar-refractivity contribution in [2.75, 3.05) is 13.2 Å². The molecule has 0 aliphatic carbocycles. The molecule has 7 nitrogen and oxygen atoms in total. The van der Waals surface area contributed by atoms with Gasteiger partial charge >= 0.3 is 59.1 Å². The third-order valence-corrected chi connectivity index (χ3v) is 0.955. The minimum Gasteiger partial charge on any atom is -0.550 e. The molecule has 0 fully saturated rings. The predicted molar refractivity (Wildman–Crippen MR) is 39.4 cm³/mol. The van der Waals surface area contributed by atoms with Crippen molar-refractivity contribution in [2.45, 2.75) is 18.9 Å². The molecule has 0 unspecified atom stereocenters. The second-order valence-corrected chi connectivity index (χ2v) is 2.26. The summed E-state index contributed by atoms with van der Waals surface area (Å²) in [4.78, 5) is 19.0. The van der Waals surface area contributed by atoms with Gasteiger partial charge in [-0.25, -0.2) is 0 Å². The van der Waals surface area contributed by atoms with Crippen LogP contribution in [0.15, 0.2) is 0 Å². The number of carbonyl (C=O) groups is 2. The molecule has 0 aromatic carbocycles. The van der Waals surface area contributed by atoms with E-state index in [4.69, 9.17) is 15.3 Å². The van der Waals surface area contributed by atoms with E-state index in [0.717, 1.165) is 0 Å². The van der Waals surface area contributed by atoms with Crippen molar-refractivity contribution in [3.63, 3.8) is 0 Å². The fraction of sp³-hybridized carbons (Fsp3) is 0.714. The summed E-state index contributed by atoms with van der Waals surface area (Å²) >= 11 is 0. The van der Waals surface area contributed by atoms with Crippen molar-refractivity contribution in [1.82, 2.24) is 0 Å². The first kappa shape index (κ1) is 25.6. The van der Waals surface area contributed by atoms with Crippen LogP contribution in [0.5, 0.6) is 0 Å². The summed E-state index contributed by atoms with van der Waals surface area (Å²) in [5, 5.41) is 43.0. The first-order valence-electron chi connectivity index (χ1n) is 3.73. The minimum atomic E-state index is -1.37. The van der Waals surface area contributed by atoms with E-state index in [1.165, 1.54) is 0 Å². The number of rotatable bonds is 5. The van der Waals surface area contributed by atoms with Crippen LogP contribution in [0.1, 0.15) is 12.8 Å². The molecule has 9 heteroatoms. The van der Waals surface area contributed by atoms with E-state index in [0.29, 0.717) is 0 Å². The van der Waals surface area contributed by atoms with Gasteiger partial charge in [0.2, 0.25) is 0 Å². The molecule has 0 radical (unpaired) electrons. The Morgan fingerprint density at radius 3 is 1.25 bits per heavy atom. The van der Waals surface area contributed by atoms with Crippen LogP contribution in [-0.2, 0) is 9.59 Å². The molecule has 0 saturated carbocycles. The molecule has 0 aliphatic heterocycles. The number of hydrogen-bond donors (Lipinski definition) is 3. The van der Waals surface area contributed by atoms with Gasteiger partial charge in [0.25, 0.3) is 0 Å². The minimum absolute atomic E-state index is 0. The number of carbonyl (C=O) groups excluding carboxylic acids is 2. The van der Waals surface area contributed by atoms with E-state index >= 15 is 0 Å². The van der Waals surface area contributed by atoms with E-state index in [1.54, 1.807) is 0 Å². The molecular weight excluding hydrogens is 242 g/mol. The maximum Gasteiger partial charge on any atom is 1.00 e. The van der Waals surface area contributed by atoms with Crippen molar-refractivity contribution < 1.29 is 94.2 Å². The second-order valence-electron chi connectivity index (χ2n) is 2.26. The molecule has 0 aromatic heterocycles. The molecule has 0 bridgehead atoms. The Morgan fingerprint density at radius 2 is 1.19 bits per heavy atom. The smallest absolute Gasteiger partial charge is 0.550 e. The number of aliphatic carboxylic acids is 2. The predicted octanol–water partition coefficient (Wildman–Crippen LogP) is -10.4. The molecule has 0 aromatic rings. The van der Waals surface area contributed by atoms with Crippen LogP contribution < -0.4 is 69.3 Å². The van der Waals surface area contributed by atoms with Gasteiger partial charge in [0.1, 0.15) is 6.10 Å². The average Bonchev–Trinajstić information content (AvgIpc) is 2.14. The maximum absolute atomic E-state index is 9.50. The van der Waals surface area contributed by atoms with Crippen molar-refractivity contribution in [3.8, 4) is 0 Å². The van der Waals surface area contributed by atoms with Gasteiger partial charge in [-0.05, 0) is 12.8 Å². The molecule has 0 heterocycles. The molecule has 0 aliphatic rings. The molecule has 16 heavy (non-hydrogen) atoms. The van der Waals surface area contributed by atoms with E-state index < -0.39 is 30.9 Å². The topological polar surface area (TPSA) is 141 Å². The normalized spacial score (nSPS) is 8.00. The third kappa shape index (κ3) is 29.4. The molecule has 0 atom stereocenters. The number of aliphatic hydroxyl groups excluding tert-OH is 3. The zero-order valence-electron chi connectivity index (χ0n) is 9.38. The van der Waals surface area contributed by atoms with Crippen molar-refractivity contribution >= 4 is 11.9 Å². The molecule has 0 amide bonds. The zero-order valence-corrected chi connectivity index (χ0v) is 13.4. The Balaban J connectivity index is -0.0000000825. The van der Waals surface area contributed by atoms with Crippen molar-refractivity contribution in [2.24, 2.45) is 0 Å². The Labute approximate surface area is 137 Å². The van der Waals surface area contributed by atoms with Crippen LogP contribution >= 0.6 is 0 Å². The number of hydrogen-bond acceptors (Lipinski definition) is 7. The van der Waals surface area contributed by atoms with Gasteiger partial charge in [0, 0.05) is 11.9 Å². The monoisotopic (exact) mass is 254 g/mol. The van der Waals surface area contributed by atoms with Gasteiger partial charge in [-0.2, -0.15) is 0 Å². The fourth-order valence-electron chi connectivity index (χ4n) is 0.262. The van der Waals surface area contributed by atoms with Crippen LogP contribution in [0.3, 0.4) is 0 Å². The number of aliphatic hydroxyl groups is 3. The van der Waals surface area contributed by atoms with Crippen LogP contribution in [0.25, 0.3) is 0 Å². The van der Waals surface area contributed by atoms with Crippen LogP contribution in [0.4, 0.5) is 0 Å². The van der Waals surface area contributed by atoms with Crippen LogP contribution in [0.2, 0.25) is 0 Å². The summed E-state index contributed by atoms with van der Waals surface area (Å²) in [6.07, 6.45) is -1.89. The third-order valence-electron chi connectivity index (χ3n) is 0.955. The van der Waals surface area contributed by atoms with Gasteiger partial charge in [-0.1, -0.05) is 0 Å². The quantitative estimate of drug-likeness (QED) is 0.413. The SMILES string of the molecule is O=C([O-])CCC(=O)[O-].OCC(O)CO.[Na+].[Na+]. The Bertz CT molecular complexity index is 158. The fourth-order valence-corrected chi connectivity index (χ4v) is 0.262. The van der Waals surface area contributed by atoms with Gasteiger partial charge in [0.15, 0.2) is 0 Å². The standard InChI is InChI=1S/C4H6O4.C3H8O3.2Na/c5-3(6)1-2-4(7)8;4-1-3(6)2-5;;/h1-2H2,(H,5,6)(H,7,8);3-6H,1-2H2;;/q;;2*+1/p-2. The van der Waals surface area contributed by atoms with Crippen molar-refractivity contribution in [1.29, 1.82) is 0 Å². The van der Waals surface area contributed by atoms with E-state index in [2.05, 4.69) is 0 Å². The summed E-state index contributed by atoms with van der Waals surface area (Å²) < 4.78 is 0. The first-order valence-corrected chi connectivity index (χ1v) is 3.73. The first-order chi connectivity index (χ1) is 6.43. The second kappa shape index (κ2) is 18.2. The van der Waals surface area contributed by atoms with Gasteiger partial charge < -0.3 is 35.1 Å². The molecule has 3 N–H and O–H groups in total. The summed E-state index contributed by atoms with van der Waals surface area (Å²) in [6.45, 7) is -0.729. The molecule has 0 rings (SSSR count). The summed E-state index contributed by atoms with van der Waals surface area (Å²) in [7, 11) is 0. The molecular formula is C7H12Na2O7. The van der Waals surface area contributed by atoms with Gasteiger partial charge in [0.05, 0.1) is 13.2 Å². The summed E-state index contributed by atoms with van der Waals surface area (Å²) in [5.74, 6) is -2.73. The Morgan fingerprint density at radius 1 is 0.938 bits per heavy atom. The van der Waals surface area contributed by atoms with Crippen molar-refractivity contribution in [3.05, 3.63) is 0 Å². The van der Waals surface area contributed by atoms with E-state index in [1.807, 2.05) is 0 Å². The zero-order chi connectivity index (χ0) is 11.6. The van der Waals surface area contributed by atoms with Gasteiger partial charge in [-0.15, -0.1) is 0 Å². The van der Waals surface area contributed by atoms with Crippen LogP contribution in [0, 0.1) is 0 Å². The summed E-state index contributed by atoms with van der Waals surface area (Å²) in [5.41, 5.74) is 0. The van der Waals surface area contributed by atoms with Gasteiger partial charge in [-0.3, -0.25) is 0 Å².